The van der Waals surface area contributed by atoms with E-state index in [9.17, 15) is 4.79 Å². The molecule has 0 amide bonds. The molecule has 0 atom stereocenters. The van der Waals surface area contributed by atoms with Gasteiger partial charge in [-0.1, -0.05) is 24.3 Å². The summed E-state index contributed by atoms with van der Waals surface area (Å²) in [6, 6.07) is 0. The molecule has 1 rings (SSSR count). The lowest BCUT2D eigenvalue weighted by Gasteiger charge is -2.02. The summed E-state index contributed by atoms with van der Waals surface area (Å²) < 4.78 is 0. The van der Waals surface area contributed by atoms with Gasteiger partial charge in [0, 0.05) is 11.1 Å². The van der Waals surface area contributed by atoms with Crippen LogP contribution in [0.5, 0.6) is 0 Å². The Labute approximate surface area is 64.8 Å². The molecular weight excluding hydrogens is 152 g/mol. The van der Waals surface area contributed by atoms with Crippen molar-refractivity contribution in [3.63, 3.8) is 0 Å². The molecule has 0 heterocycles. The second-order valence-corrected chi connectivity index (χ2v) is 2.22. The van der Waals surface area contributed by atoms with E-state index >= 15 is 0 Å². The highest BCUT2D eigenvalue weighted by atomic mass is 35.5. The highest BCUT2D eigenvalue weighted by Gasteiger charge is 1.97. The third-order valence-electron chi connectivity index (χ3n) is 0.924. The lowest BCUT2D eigenvalue weighted by atomic mass is 10.1. The summed E-state index contributed by atoms with van der Waals surface area (Å²) in [5.74, 6) is -0.981. The molecular formula is C7H9ClO2. The smallest absolute Gasteiger partial charge is 0.327 e. The van der Waals surface area contributed by atoms with E-state index in [1.54, 1.807) is 0 Å². The fourth-order valence-corrected chi connectivity index (χ4v) is 0.472. The molecule has 0 aromatic heterocycles. The fraction of sp³-hybridized carbons (Fsp3) is 0.286. The van der Waals surface area contributed by atoms with E-state index in [2.05, 4.69) is 6.58 Å². The van der Waals surface area contributed by atoms with Gasteiger partial charge in [-0.2, -0.15) is 0 Å². The summed E-state index contributed by atoms with van der Waals surface area (Å²) in [6.45, 7) is 2.96. The summed E-state index contributed by atoms with van der Waals surface area (Å²) >= 11 is 5.41. The van der Waals surface area contributed by atoms with Crippen LogP contribution in [-0.4, -0.2) is 11.1 Å². The van der Waals surface area contributed by atoms with Crippen LogP contribution in [0.2, 0.25) is 0 Å². The van der Waals surface area contributed by atoms with E-state index in [0.717, 1.165) is 17.5 Å². The summed E-state index contributed by atoms with van der Waals surface area (Å²) in [7, 11) is 0. The van der Waals surface area contributed by atoms with Gasteiger partial charge in [-0.3, -0.25) is 0 Å². The lowest BCUT2D eigenvalue weighted by Crippen LogP contribution is -1.82. The van der Waals surface area contributed by atoms with Crippen molar-refractivity contribution in [3.8, 4) is 0 Å². The molecule has 0 aliphatic heterocycles. The van der Waals surface area contributed by atoms with Crippen molar-refractivity contribution in [1.29, 1.82) is 0 Å². The Morgan fingerprint density at radius 3 is 2.20 bits per heavy atom. The minimum atomic E-state index is -0.981. The van der Waals surface area contributed by atoms with E-state index in [4.69, 9.17) is 16.7 Å². The van der Waals surface area contributed by atoms with Gasteiger partial charge in [0.05, 0.1) is 0 Å². The average molecular weight is 161 g/mol. The van der Waals surface area contributed by atoms with Crippen LogP contribution in [0.25, 0.3) is 0 Å². The number of allylic oxidation sites excluding steroid dienone is 2. The molecule has 0 aromatic carbocycles. The fourth-order valence-electron chi connectivity index (χ4n) is 0.253. The maximum atomic E-state index is 9.25. The van der Waals surface area contributed by atoms with Crippen molar-refractivity contribution in [2.24, 2.45) is 0 Å². The zero-order valence-electron chi connectivity index (χ0n) is 5.51. The predicted molar refractivity (Wildman–Crippen MR) is 41.0 cm³/mol. The SMILES string of the molecule is C=CC(=O)O.ClC1=CCC1. The van der Waals surface area contributed by atoms with Gasteiger partial charge in [-0.15, -0.1) is 0 Å². The lowest BCUT2D eigenvalue weighted by molar-refractivity contribution is -0.131. The number of aliphatic carboxylic acids is 1. The van der Waals surface area contributed by atoms with E-state index < -0.39 is 5.97 Å². The maximum absolute atomic E-state index is 9.25. The van der Waals surface area contributed by atoms with Crippen LogP contribution in [-0.2, 0) is 4.79 Å². The molecule has 0 spiro atoms. The number of hydrogen-bond acceptors (Lipinski definition) is 1. The Kier molecular flexibility index (Phi) is 4.67. The second-order valence-electron chi connectivity index (χ2n) is 1.73. The molecule has 0 unspecified atom stereocenters. The number of halogens is 1. The Balaban J connectivity index is 0.000000162. The normalized spacial score (nSPS) is 13.5. The van der Waals surface area contributed by atoms with Gasteiger partial charge in [0.15, 0.2) is 0 Å². The van der Waals surface area contributed by atoms with E-state index in [0.29, 0.717) is 0 Å². The van der Waals surface area contributed by atoms with Gasteiger partial charge in [0.25, 0.3) is 0 Å². The topological polar surface area (TPSA) is 37.3 Å². The first-order valence-corrected chi connectivity index (χ1v) is 3.24. The Hall–Kier alpha value is -0.760. The van der Waals surface area contributed by atoms with Gasteiger partial charge in [0.1, 0.15) is 0 Å². The monoisotopic (exact) mass is 160 g/mol. The molecule has 0 bridgehead atoms. The average Bonchev–Trinajstić information content (AvgIpc) is 1.85. The second kappa shape index (κ2) is 5.06. The van der Waals surface area contributed by atoms with Crippen LogP contribution < -0.4 is 0 Å². The Morgan fingerprint density at radius 2 is 2.20 bits per heavy atom. The molecule has 3 heteroatoms. The molecule has 2 nitrogen and oxygen atoms in total. The first-order chi connectivity index (χ1) is 4.66. The molecule has 0 fully saturated rings. The quantitative estimate of drug-likeness (QED) is 0.597. The molecule has 1 aliphatic rings. The van der Waals surface area contributed by atoms with Gasteiger partial charge < -0.3 is 5.11 Å². The summed E-state index contributed by atoms with van der Waals surface area (Å²) in [6.07, 6.45) is 5.17. The third-order valence-corrected chi connectivity index (χ3v) is 1.27. The zero-order chi connectivity index (χ0) is 7.98. The Bertz CT molecular complexity index is 161. The number of hydrogen-bond donors (Lipinski definition) is 1. The van der Waals surface area contributed by atoms with E-state index in [1.807, 2.05) is 6.08 Å². The van der Waals surface area contributed by atoms with Crippen LogP contribution in [0.3, 0.4) is 0 Å². The van der Waals surface area contributed by atoms with Crippen molar-refractivity contribution in [1.82, 2.24) is 0 Å². The standard InChI is InChI=1S/C4H5Cl.C3H4O2/c5-4-2-1-3-4;1-2-3(4)5/h2H,1,3H2;2H,1H2,(H,4,5). The van der Waals surface area contributed by atoms with Crippen molar-refractivity contribution in [3.05, 3.63) is 23.8 Å². The maximum Gasteiger partial charge on any atom is 0.327 e. The molecule has 1 aliphatic carbocycles. The summed E-state index contributed by atoms with van der Waals surface area (Å²) in [5, 5.41) is 8.64. The molecule has 56 valence electrons. The predicted octanol–water partition coefficient (Wildman–Crippen LogP) is 2.16. The first kappa shape index (κ1) is 9.24. The molecule has 0 saturated heterocycles. The molecule has 0 aromatic rings. The summed E-state index contributed by atoms with van der Waals surface area (Å²) in [4.78, 5) is 9.25. The van der Waals surface area contributed by atoms with E-state index in [1.165, 1.54) is 6.42 Å². The third kappa shape index (κ3) is 5.38. The van der Waals surface area contributed by atoms with Crippen LogP contribution in [0.4, 0.5) is 0 Å². The number of carbonyl (C=O) groups is 1. The first-order valence-electron chi connectivity index (χ1n) is 2.86. The minimum Gasteiger partial charge on any atom is -0.478 e. The highest BCUT2D eigenvalue weighted by molar-refractivity contribution is 6.30. The largest absolute Gasteiger partial charge is 0.478 e. The number of carboxylic acid groups (broad SMARTS) is 1. The van der Waals surface area contributed by atoms with Gasteiger partial charge in [-0.25, -0.2) is 4.79 Å². The molecule has 1 N–H and O–H groups in total. The highest BCUT2D eigenvalue weighted by Crippen LogP contribution is 2.20. The molecule has 0 radical (unpaired) electrons. The molecule has 0 saturated carbocycles. The van der Waals surface area contributed by atoms with Crippen molar-refractivity contribution >= 4 is 17.6 Å². The van der Waals surface area contributed by atoms with Gasteiger partial charge in [0.2, 0.25) is 0 Å². The van der Waals surface area contributed by atoms with Crippen molar-refractivity contribution < 1.29 is 9.90 Å². The van der Waals surface area contributed by atoms with Crippen LogP contribution >= 0.6 is 11.6 Å². The Morgan fingerprint density at radius 1 is 1.90 bits per heavy atom. The van der Waals surface area contributed by atoms with Crippen molar-refractivity contribution in [2.45, 2.75) is 12.8 Å². The zero-order valence-corrected chi connectivity index (χ0v) is 6.27. The van der Waals surface area contributed by atoms with Crippen LogP contribution in [0.1, 0.15) is 12.8 Å². The van der Waals surface area contributed by atoms with Gasteiger partial charge in [-0.05, 0) is 12.8 Å². The van der Waals surface area contributed by atoms with Gasteiger partial charge >= 0.3 is 5.97 Å². The number of carboxylic acids is 1. The minimum absolute atomic E-state index is 0.833. The summed E-state index contributed by atoms with van der Waals surface area (Å²) in [5.41, 5.74) is 0. The van der Waals surface area contributed by atoms with Crippen molar-refractivity contribution in [2.75, 3.05) is 0 Å². The van der Waals surface area contributed by atoms with Crippen LogP contribution in [0, 0.1) is 0 Å². The van der Waals surface area contributed by atoms with E-state index in [-0.39, 0.29) is 0 Å². The molecule has 10 heavy (non-hydrogen) atoms. The number of rotatable bonds is 1. The van der Waals surface area contributed by atoms with Crippen LogP contribution in [0.15, 0.2) is 23.8 Å².